The van der Waals surface area contributed by atoms with Gasteiger partial charge in [-0.3, -0.25) is 0 Å². The molecule has 0 atom stereocenters. The zero-order valence-corrected chi connectivity index (χ0v) is 27.4. The molecular formula is C46H28N4O. The average molecular weight is 653 g/mol. The molecule has 0 aliphatic rings. The first-order valence-electron chi connectivity index (χ1n) is 17.0. The fourth-order valence-corrected chi connectivity index (χ4v) is 7.08. The maximum absolute atomic E-state index is 6.39. The molecule has 238 valence electrons. The van der Waals surface area contributed by atoms with E-state index in [4.69, 9.17) is 24.4 Å². The van der Waals surface area contributed by atoms with Crippen molar-refractivity contribution in [1.29, 1.82) is 0 Å². The zero-order valence-electron chi connectivity index (χ0n) is 27.4. The minimum absolute atomic E-state index is 0.593. The molecule has 0 radical (unpaired) electrons. The van der Waals surface area contributed by atoms with Gasteiger partial charge in [-0.25, -0.2) is 19.9 Å². The van der Waals surface area contributed by atoms with Gasteiger partial charge < -0.3 is 4.42 Å². The van der Waals surface area contributed by atoms with Gasteiger partial charge in [-0.15, -0.1) is 0 Å². The molecule has 0 saturated carbocycles. The molecule has 5 nitrogen and oxygen atoms in total. The summed E-state index contributed by atoms with van der Waals surface area (Å²) < 4.78 is 6.39. The van der Waals surface area contributed by atoms with Crippen LogP contribution in [0.4, 0.5) is 0 Å². The highest BCUT2D eigenvalue weighted by Gasteiger charge is 2.19. The van der Waals surface area contributed by atoms with Crippen molar-refractivity contribution in [3.05, 3.63) is 170 Å². The number of para-hydroxylation sites is 1. The molecule has 0 aliphatic heterocycles. The Bertz CT molecular complexity index is 2900. The van der Waals surface area contributed by atoms with Gasteiger partial charge in [0, 0.05) is 49.2 Å². The van der Waals surface area contributed by atoms with Crippen molar-refractivity contribution < 1.29 is 4.42 Å². The minimum Gasteiger partial charge on any atom is -0.456 e. The lowest BCUT2D eigenvalue weighted by atomic mass is 9.95. The molecule has 5 heteroatoms. The summed E-state index contributed by atoms with van der Waals surface area (Å²) in [6, 6.07) is 58.0. The summed E-state index contributed by atoms with van der Waals surface area (Å²) in [7, 11) is 0. The summed E-state index contributed by atoms with van der Waals surface area (Å²) in [5.41, 5.74) is 9.54. The highest BCUT2D eigenvalue weighted by Crippen LogP contribution is 2.42. The lowest BCUT2D eigenvalue weighted by Gasteiger charge is -2.13. The van der Waals surface area contributed by atoms with Crippen molar-refractivity contribution in [2.75, 3.05) is 0 Å². The molecule has 0 aliphatic carbocycles. The summed E-state index contributed by atoms with van der Waals surface area (Å²) in [4.78, 5) is 20.5. The molecule has 51 heavy (non-hydrogen) atoms. The van der Waals surface area contributed by atoms with Gasteiger partial charge in [-0.1, -0.05) is 127 Å². The van der Waals surface area contributed by atoms with Crippen LogP contribution in [0.15, 0.2) is 174 Å². The number of furan rings is 1. The molecular weight excluding hydrogens is 625 g/mol. The van der Waals surface area contributed by atoms with E-state index in [1.54, 1.807) is 0 Å². The van der Waals surface area contributed by atoms with Crippen LogP contribution >= 0.6 is 0 Å². The first-order chi connectivity index (χ1) is 25.3. The number of nitrogens with zero attached hydrogens (tertiary/aromatic N) is 4. The molecule has 10 aromatic rings. The highest BCUT2D eigenvalue weighted by molar-refractivity contribution is 6.28. The first-order valence-corrected chi connectivity index (χ1v) is 17.0. The van der Waals surface area contributed by atoms with Crippen LogP contribution in [0.5, 0.6) is 0 Å². The van der Waals surface area contributed by atoms with Gasteiger partial charge in [0.2, 0.25) is 0 Å². The lowest BCUT2D eigenvalue weighted by molar-refractivity contribution is 0.669. The third-order valence-electron chi connectivity index (χ3n) is 9.50. The first kappa shape index (κ1) is 29.0. The molecule has 10 rings (SSSR count). The van der Waals surface area contributed by atoms with Gasteiger partial charge in [-0.05, 0) is 53.6 Å². The van der Waals surface area contributed by atoms with E-state index in [1.165, 1.54) is 0 Å². The maximum atomic E-state index is 6.39. The summed E-state index contributed by atoms with van der Waals surface area (Å²) >= 11 is 0. The molecule has 3 aromatic heterocycles. The Morgan fingerprint density at radius 1 is 0.314 bits per heavy atom. The summed E-state index contributed by atoms with van der Waals surface area (Å²) in [5.74, 6) is 1.82. The van der Waals surface area contributed by atoms with Crippen LogP contribution in [0.2, 0.25) is 0 Å². The highest BCUT2D eigenvalue weighted by atomic mass is 16.3. The fraction of sp³-hybridized carbons (Fsp3) is 0. The summed E-state index contributed by atoms with van der Waals surface area (Å²) in [6.07, 6.45) is 0. The van der Waals surface area contributed by atoms with Crippen molar-refractivity contribution in [2.24, 2.45) is 0 Å². The van der Waals surface area contributed by atoms with E-state index < -0.39 is 0 Å². The largest absolute Gasteiger partial charge is 0.456 e. The average Bonchev–Trinajstić information content (AvgIpc) is 3.60. The Labute approximate surface area is 293 Å². The zero-order chi connectivity index (χ0) is 33.7. The normalized spacial score (nSPS) is 11.5. The molecule has 0 unspecified atom stereocenters. The number of benzene rings is 7. The van der Waals surface area contributed by atoms with Crippen molar-refractivity contribution in [2.45, 2.75) is 0 Å². The number of fused-ring (bicyclic) bond motifs is 7. The fourth-order valence-electron chi connectivity index (χ4n) is 7.08. The van der Waals surface area contributed by atoms with E-state index in [0.717, 1.165) is 82.7 Å². The molecule has 0 N–H and O–H groups in total. The minimum atomic E-state index is 0.593. The SMILES string of the molecule is c1ccc(-c2cccc(-c3nc(-c4ccccc4)nc(-c4ccc5nc(-c6ccccc6)c6ccc7oc8ccccc8c7c6c5c4)n3)c2)cc1. The number of hydrogen-bond donors (Lipinski definition) is 0. The van der Waals surface area contributed by atoms with E-state index in [1.807, 2.05) is 54.6 Å². The van der Waals surface area contributed by atoms with E-state index in [2.05, 4.69) is 115 Å². The van der Waals surface area contributed by atoms with Crippen molar-refractivity contribution in [3.63, 3.8) is 0 Å². The van der Waals surface area contributed by atoms with Gasteiger partial charge in [0.15, 0.2) is 17.5 Å². The second kappa shape index (κ2) is 11.9. The van der Waals surface area contributed by atoms with Gasteiger partial charge >= 0.3 is 0 Å². The monoisotopic (exact) mass is 652 g/mol. The Kier molecular flexibility index (Phi) is 6.74. The van der Waals surface area contributed by atoms with Gasteiger partial charge in [-0.2, -0.15) is 0 Å². The molecule has 0 saturated heterocycles. The van der Waals surface area contributed by atoms with Crippen molar-refractivity contribution in [3.8, 4) is 56.5 Å². The number of rotatable bonds is 5. The molecule has 0 spiro atoms. The van der Waals surface area contributed by atoms with E-state index >= 15 is 0 Å². The molecule has 3 heterocycles. The van der Waals surface area contributed by atoms with Gasteiger partial charge in [0.05, 0.1) is 11.2 Å². The Balaban J connectivity index is 1.24. The van der Waals surface area contributed by atoms with Gasteiger partial charge in [0.1, 0.15) is 11.2 Å². The topological polar surface area (TPSA) is 64.7 Å². The Morgan fingerprint density at radius 2 is 0.902 bits per heavy atom. The second-order valence-corrected chi connectivity index (χ2v) is 12.6. The standard InChI is InChI=1S/C46H28N4O/c1-4-13-29(14-5-1)32-19-12-20-33(27-32)45-48-44(31-17-8-3-9-18-31)49-46(50-45)34-23-25-38-37(28-34)41-36(43(47-38)30-15-6-2-7-16-30)24-26-40-42(41)35-21-10-11-22-39(35)51-40/h1-28H. The molecule has 7 aromatic carbocycles. The number of pyridine rings is 1. The second-order valence-electron chi connectivity index (χ2n) is 12.6. The Hall–Kier alpha value is -6.98. The quantitative estimate of drug-likeness (QED) is 0.173. The molecule has 0 amide bonds. The van der Waals surface area contributed by atoms with Crippen LogP contribution in [0, 0.1) is 0 Å². The smallest absolute Gasteiger partial charge is 0.164 e. The van der Waals surface area contributed by atoms with Crippen molar-refractivity contribution >= 4 is 43.6 Å². The van der Waals surface area contributed by atoms with E-state index in [0.29, 0.717) is 17.5 Å². The molecule has 0 bridgehead atoms. The third-order valence-corrected chi connectivity index (χ3v) is 9.50. The van der Waals surface area contributed by atoms with Crippen LogP contribution in [0.3, 0.4) is 0 Å². The maximum Gasteiger partial charge on any atom is 0.164 e. The van der Waals surface area contributed by atoms with E-state index in [9.17, 15) is 0 Å². The van der Waals surface area contributed by atoms with Crippen LogP contribution in [-0.2, 0) is 0 Å². The number of aromatic nitrogens is 4. The summed E-state index contributed by atoms with van der Waals surface area (Å²) in [6.45, 7) is 0. The van der Waals surface area contributed by atoms with Crippen molar-refractivity contribution in [1.82, 2.24) is 19.9 Å². The van der Waals surface area contributed by atoms with Crippen LogP contribution in [0.25, 0.3) is 100 Å². The summed E-state index contributed by atoms with van der Waals surface area (Å²) in [5, 5.41) is 5.31. The van der Waals surface area contributed by atoms with Crippen LogP contribution in [0.1, 0.15) is 0 Å². The predicted molar refractivity (Wildman–Crippen MR) is 207 cm³/mol. The van der Waals surface area contributed by atoms with E-state index in [-0.39, 0.29) is 0 Å². The predicted octanol–water partition coefficient (Wildman–Crippen LogP) is 11.8. The third kappa shape index (κ3) is 5.03. The van der Waals surface area contributed by atoms with Gasteiger partial charge in [0.25, 0.3) is 0 Å². The molecule has 0 fully saturated rings. The lowest BCUT2D eigenvalue weighted by Crippen LogP contribution is -2.00. The Morgan fingerprint density at radius 3 is 1.65 bits per heavy atom. The number of hydrogen-bond acceptors (Lipinski definition) is 5. The van der Waals surface area contributed by atoms with Crippen LogP contribution in [-0.4, -0.2) is 19.9 Å². The van der Waals surface area contributed by atoms with Crippen LogP contribution < -0.4 is 0 Å².